The van der Waals surface area contributed by atoms with E-state index in [1.807, 2.05) is 12.1 Å². The summed E-state index contributed by atoms with van der Waals surface area (Å²) in [4.78, 5) is 17.3. The van der Waals surface area contributed by atoms with Crippen LogP contribution in [0.15, 0.2) is 24.3 Å². The summed E-state index contributed by atoms with van der Waals surface area (Å²) in [6.07, 6.45) is 2.47. The molecule has 0 atom stereocenters. The van der Waals surface area contributed by atoms with Crippen molar-refractivity contribution in [1.29, 1.82) is 0 Å². The van der Waals surface area contributed by atoms with Gasteiger partial charge >= 0.3 is 0 Å². The van der Waals surface area contributed by atoms with Crippen LogP contribution in [0.2, 0.25) is 0 Å². The molecule has 1 aromatic rings. The van der Waals surface area contributed by atoms with E-state index in [9.17, 15) is 4.79 Å². The van der Waals surface area contributed by atoms with Gasteiger partial charge in [-0.05, 0) is 31.0 Å². The summed E-state index contributed by atoms with van der Waals surface area (Å²) in [5.74, 6) is 0.0260. The number of hydrogen-bond acceptors (Lipinski definition) is 3. The maximum Gasteiger partial charge on any atom is 0.253 e. The zero-order valence-electron chi connectivity index (χ0n) is 8.27. The van der Waals surface area contributed by atoms with Gasteiger partial charge < -0.3 is 5.73 Å². The molecule has 0 bridgehead atoms. The molecule has 1 aliphatic heterocycles. The Labute approximate surface area is 87.6 Å². The molecule has 78 valence electrons. The first-order valence-electron chi connectivity index (χ1n) is 5.06. The van der Waals surface area contributed by atoms with Crippen molar-refractivity contribution in [1.82, 2.24) is 0 Å². The number of nitrogens with zero attached hydrogens (tertiary/aromatic N) is 1. The molecule has 2 fully saturated rings. The maximum absolute atomic E-state index is 11.7. The Bertz CT molecular complexity index is 426. The van der Waals surface area contributed by atoms with Crippen LogP contribution in [0.5, 0.6) is 0 Å². The van der Waals surface area contributed by atoms with Gasteiger partial charge in [-0.1, -0.05) is 6.07 Å². The van der Waals surface area contributed by atoms with Crippen LogP contribution in [-0.4, -0.2) is 11.5 Å². The van der Waals surface area contributed by atoms with Crippen molar-refractivity contribution in [2.24, 2.45) is 0 Å². The van der Waals surface area contributed by atoms with Crippen LogP contribution in [0, 0.1) is 0 Å². The highest BCUT2D eigenvalue weighted by atomic mass is 16.7. The predicted molar refractivity (Wildman–Crippen MR) is 56.0 cm³/mol. The third kappa shape index (κ3) is 1.37. The molecular weight excluding hydrogens is 192 g/mol. The molecule has 2 aliphatic rings. The Morgan fingerprint density at radius 2 is 2.20 bits per heavy atom. The second-order valence-electron chi connectivity index (χ2n) is 4.23. The Morgan fingerprint density at radius 3 is 2.80 bits per heavy atom. The smallest absolute Gasteiger partial charge is 0.253 e. The monoisotopic (exact) mass is 204 g/mol. The molecule has 1 saturated heterocycles. The quantitative estimate of drug-likeness (QED) is 0.705. The molecule has 0 radical (unpaired) electrons. The first kappa shape index (κ1) is 8.73. The molecule has 1 aliphatic carbocycles. The topological polar surface area (TPSA) is 55.6 Å². The summed E-state index contributed by atoms with van der Waals surface area (Å²) < 4.78 is 0. The Balaban J connectivity index is 1.91. The minimum atomic E-state index is -0.179. The van der Waals surface area contributed by atoms with Crippen molar-refractivity contribution < 1.29 is 9.63 Å². The maximum atomic E-state index is 11.7. The number of carbonyl (C=O) groups excluding carboxylic acids is 1. The third-order valence-electron chi connectivity index (χ3n) is 2.90. The van der Waals surface area contributed by atoms with Crippen LogP contribution in [-0.2, 0) is 9.63 Å². The van der Waals surface area contributed by atoms with E-state index in [1.165, 1.54) is 5.06 Å². The molecule has 0 unspecified atom stereocenters. The number of amides is 1. The molecule has 1 aromatic carbocycles. The standard InChI is InChI=1S/C11H12N2O2/c12-8-2-1-3-9(6-8)13-10(14)7-11(15-13)4-5-11/h1-3,6H,4-5,7,12H2. The summed E-state index contributed by atoms with van der Waals surface area (Å²) >= 11 is 0. The van der Waals surface area contributed by atoms with E-state index in [0.717, 1.165) is 18.5 Å². The second-order valence-corrected chi connectivity index (χ2v) is 4.23. The second kappa shape index (κ2) is 2.73. The number of carbonyl (C=O) groups is 1. The van der Waals surface area contributed by atoms with E-state index in [-0.39, 0.29) is 11.5 Å². The van der Waals surface area contributed by atoms with Gasteiger partial charge in [0.2, 0.25) is 0 Å². The van der Waals surface area contributed by atoms with E-state index in [4.69, 9.17) is 10.6 Å². The number of hydrogen-bond donors (Lipinski definition) is 1. The van der Waals surface area contributed by atoms with E-state index >= 15 is 0 Å². The number of benzene rings is 1. The van der Waals surface area contributed by atoms with Crippen molar-refractivity contribution >= 4 is 17.3 Å². The van der Waals surface area contributed by atoms with Crippen molar-refractivity contribution in [3.8, 4) is 0 Å². The SMILES string of the molecule is Nc1cccc(N2OC3(CC3)CC2=O)c1. The molecule has 3 rings (SSSR count). The molecule has 1 saturated carbocycles. The van der Waals surface area contributed by atoms with E-state index in [2.05, 4.69) is 0 Å². The number of rotatable bonds is 1. The summed E-state index contributed by atoms with van der Waals surface area (Å²) in [5, 5.41) is 1.38. The van der Waals surface area contributed by atoms with Crippen molar-refractivity contribution in [2.45, 2.75) is 24.9 Å². The van der Waals surface area contributed by atoms with Gasteiger partial charge in [0.15, 0.2) is 0 Å². The van der Waals surface area contributed by atoms with Gasteiger partial charge in [0, 0.05) is 5.69 Å². The minimum absolute atomic E-state index is 0.0260. The Kier molecular flexibility index (Phi) is 1.59. The number of nitrogen functional groups attached to an aromatic ring is 1. The summed E-state index contributed by atoms with van der Waals surface area (Å²) in [5.41, 5.74) is 6.85. The third-order valence-corrected chi connectivity index (χ3v) is 2.90. The molecule has 1 amide bonds. The lowest BCUT2D eigenvalue weighted by atomic mass is 10.2. The van der Waals surface area contributed by atoms with Crippen LogP contribution in [0.3, 0.4) is 0 Å². The highest BCUT2D eigenvalue weighted by molar-refractivity contribution is 5.94. The largest absolute Gasteiger partial charge is 0.399 e. The summed E-state index contributed by atoms with van der Waals surface area (Å²) in [6, 6.07) is 7.19. The zero-order valence-corrected chi connectivity index (χ0v) is 8.27. The lowest BCUT2D eigenvalue weighted by Crippen LogP contribution is -2.23. The van der Waals surface area contributed by atoms with Gasteiger partial charge in [0.25, 0.3) is 5.91 Å². The summed E-state index contributed by atoms with van der Waals surface area (Å²) in [6.45, 7) is 0. The van der Waals surface area contributed by atoms with Gasteiger partial charge in [-0.15, -0.1) is 0 Å². The number of hydroxylamine groups is 1. The van der Waals surface area contributed by atoms with Crippen LogP contribution in [0.4, 0.5) is 11.4 Å². The van der Waals surface area contributed by atoms with E-state index in [1.54, 1.807) is 12.1 Å². The van der Waals surface area contributed by atoms with Crippen molar-refractivity contribution in [3.63, 3.8) is 0 Å². The number of anilines is 2. The molecule has 15 heavy (non-hydrogen) atoms. The highest BCUT2D eigenvalue weighted by Crippen LogP contribution is 2.48. The number of nitrogens with two attached hydrogens (primary N) is 1. The average molecular weight is 204 g/mol. The molecule has 4 heteroatoms. The predicted octanol–water partition coefficient (Wildman–Crippen LogP) is 1.47. The van der Waals surface area contributed by atoms with Crippen LogP contribution in [0.25, 0.3) is 0 Å². The van der Waals surface area contributed by atoms with Crippen LogP contribution in [0.1, 0.15) is 19.3 Å². The Hall–Kier alpha value is -1.55. The van der Waals surface area contributed by atoms with Crippen LogP contribution < -0.4 is 10.8 Å². The Morgan fingerprint density at radius 1 is 1.40 bits per heavy atom. The normalized spacial score (nSPS) is 22.4. The fourth-order valence-electron chi connectivity index (χ4n) is 1.88. The molecule has 1 heterocycles. The molecule has 4 nitrogen and oxygen atoms in total. The zero-order chi connectivity index (χ0) is 10.5. The lowest BCUT2D eigenvalue weighted by molar-refractivity contribution is -0.119. The van der Waals surface area contributed by atoms with Crippen molar-refractivity contribution in [3.05, 3.63) is 24.3 Å². The lowest BCUT2D eigenvalue weighted by Gasteiger charge is -2.16. The summed E-state index contributed by atoms with van der Waals surface area (Å²) in [7, 11) is 0. The molecule has 2 N–H and O–H groups in total. The molecule has 0 aromatic heterocycles. The van der Waals surface area contributed by atoms with Crippen molar-refractivity contribution in [2.75, 3.05) is 10.8 Å². The fourth-order valence-corrected chi connectivity index (χ4v) is 1.88. The molecular formula is C11H12N2O2. The average Bonchev–Trinajstić information content (AvgIpc) is 2.85. The van der Waals surface area contributed by atoms with E-state index < -0.39 is 0 Å². The fraction of sp³-hybridized carbons (Fsp3) is 0.364. The van der Waals surface area contributed by atoms with Gasteiger partial charge in [-0.3, -0.25) is 9.63 Å². The van der Waals surface area contributed by atoms with Gasteiger partial charge in [-0.2, -0.15) is 5.06 Å². The van der Waals surface area contributed by atoms with Gasteiger partial charge in [0.05, 0.1) is 12.1 Å². The molecule has 1 spiro atoms. The van der Waals surface area contributed by atoms with Gasteiger partial charge in [0.1, 0.15) is 5.60 Å². The highest BCUT2D eigenvalue weighted by Gasteiger charge is 2.54. The van der Waals surface area contributed by atoms with E-state index in [0.29, 0.717) is 12.1 Å². The van der Waals surface area contributed by atoms with Crippen LogP contribution >= 0.6 is 0 Å². The minimum Gasteiger partial charge on any atom is -0.399 e. The first-order valence-corrected chi connectivity index (χ1v) is 5.06. The van der Waals surface area contributed by atoms with Gasteiger partial charge in [-0.25, -0.2) is 0 Å². The first-order chi connectivity index (χ1) is 7.19.